The Morgan fingerprint density at radius 1 is 1.38 bits per heavy atom. The summed E-state index contributed by atoms with van der Waals surface area (Å²) >= 11 is 4.33. The molecule has 0 aliphatic heterocycles. The second-order valence-corrected chi connectivity index (χ2v) is 9.09. The minimum absolute atomic E-state index is 0.0834. The van der Waals surface area contributed by atoms with E-state index < -0.39 is 5.97 Å². The molecule has 3 heterocycles. The van der Waals surface area contributed by atoms with E-state index in [0.717, 1.165) is 41.0 Å². The third-order valence-corrected chi connectivity index (χ3v) is 7.24. The van der Waals surface area contributed by atoms with Crippen LogP contribution in [0.2, 0.25) is 0 Å². The number of carboxylic acid groups (broad SMARTS) is 1. The normalized spacial score (nSPS) is 14.5. The molecule has 1 aliphatic rings. The van der Waals surface area contributed by atoms with Gasteiger partial charge in [0.1, 0.15) is 10.7 Å². The number of hydrogen-bond acceptors (Lipinski definition) is 6. The van der Waals surface area contributed by atoms with Crippen molar-refractivity contribution in [2.75, 3.05) is 5.75 Å². The van der Waals surface area contributed by atoms with Gasteiger partial charge in [0.25, 0.3) is 5.56 Å². The molecule has 0 aromatic carbocycles. The van der Waals surface area contributed by atoms with Gasteiger partial charge in [-0.15, -0.1) is 34.4 Å². The van der Waals surface area contributed by atoms with Gasteiger partial charge in [-0.05, 0) is 48.8 Å². The second-order valence-electron chi connectivity index (χ2n) is 6.01. The summed E-state index contributed by atoms with van der Waals surface area (Å²) in [5, 5.41) is 11.7. The number of H-pyrrole nitrogens is 1. The summed E-state index contributed by atoms with van der Waals surface area (Å²) in [6, 6.07) is 3.88. The molecule has 5 nitrogen and oxygen atoms in total. The van der Waals surface area contributed by atoms with Gasteiger partial charge in [-0.1, -0.05) is 6.07 Å². The van der Waals surface area contributed by atoms with Crippen LogP contribution in [0.1, 0.15) is 34.0 Å². The Balaban J connectivity index is 1.81. The maximum absolute atomic E-state index is 12.7. The zero-order valence-corrected chi connectivity index (χ0v) is 16.2. The fourth-order valence-electron chi connectivity index (χ4n) is 3.10. The number of thioether (sulfide) groups is 1. The minimum Gasteiger partial charge on any atom is -0.481 e. The fraction of sp³-hybridized carbons (Fsp3) is 0.278. The van der Waals surface area contributed by atoms with Gasteiger partial charge in [0.15, 0.2) is 0 Å². The number of carboxylic acids is 1. The standard InChI is InChI=1S/C18H16N2O3S3/c21-14(22)9-25-13(8-10-4-3-7-24-10)16-19-17(23)15-11-5-1-2-6-12(11)26-18(15)20-16/h3-4,7-8H,1-2,5-6,9H2,(H,21,22)(H,19,20,23)/b13-8-. The molecule has 0 radical (unpaired) electrons. The Bertz CT molecular complexity index is 1050. The van der Waals surface area contributed by atoms with E-state index >= 15 is 0 Å². The maximum Gasteiger partial charge on any atom is 0.313 e. The van der Waals surface area contributed by atoms with Crippen molar-refractivity contribution in [3.8, 4) is 0 Å². The molecule has 0 bridgehead atoms. The monoisotopic (exact) mass is 404 g/mol. The third-order valence-electron chi connectivity index (χ3n) is 4.23. The highest BCUT2D eigenvalue weighted by Gasteiger charge is 2.20. The van der Waals surface area contributed by atoms with Gasteiger partial charge in [-0.3, -0.25) is 9.59 Å². The van der Waals surface area contributed by atoms with E-state index in [0.29, 0.717) is 16.1 Å². The molecule has 26 heavy (non-hydrogen) atoms. The van der Waals surface area contributed by atoms with E-state index in [1.807, 2.05) is 23.6 Å². The van der Waals surface area contributed by atoms with Gasteiger partial charge in [0.2, 0.25) is 0 Å². The number of aromatic amines is 1. The summed E-state index contributed by atoms with van der Waals surface area (Å²) < 4.78 is 0. The van der Waals surface area contributed by atoms with E-state index in [2.05, 4.69) is 9.97 Å². The highest BCUT2D eigenvalue weighted by molar-refractivity contribution is 8.09. The van der Waals surface area contributed by atoms with E-state index in [1.54, 1.807) is 22.7 Å². The quantitative estimate of drug-likeness (QED) is 0.664. The van der Waals surface area contributed by atoms with Crippen LogP contribution in [0.25, 0.3) is 21.2 Å². The Morgan fingerprint density at radius 3 is 3.00 bits per heavy atom. The maximum atomic E-state index is 12.7. The summed E-state index contributed by atoms with van der Waals surface area (Å²) in [6.45, 7) is 0. The molecule has 0 spiro atoms. The number of carbonyl (C=O) groups is 1. The van der Waals surface area contributed by atoms with Crippen molar-refractivity contribution in [2.24, 2.45) is 0 Å². The molecule has 1 aliphatic carbocycles. The van der Waals surface area contributed by atoms with Crippen molar-refractivity contribution in [1.82, 2.24) is 9.97 Å². The number of aliphatic carboxylic acids is 1. The molecule has 2 N–H and O–H groups in total. The predicted octanol–water partition coefficient (Wildman–Crippen LogP) is 4.24. The van der Waals surface area contributed by atoms with Crippen LogP contribution in [-0.2, 0) is 17.6 Å². The molecule has 0 atom stereocenters. The van der Waals surface area contributed by atoms with E-state index in [1.165, 1.54) is 16.6 Å². The average Bonchev–Trinajstić information content (AvgIpc) is 3.25. The molecule has 3 aromatic heterocycles. The molecule has 134 valence electrons. The van der Waals surface area contributed by atoms with Crippen molar-refractivity contribution in [2.45, 2.75) is 25.7 Å². The van der Waals surface area contributed by atoms with Crippen LogP contribution in [0, 0.1) is 0 Å². The first-order valence-corrected chi connectivity index (χ1v) is 10.9. The molecule has 0 fully saturated rings. The Morgan fingerprint density at radius 2 is 2.23 bits per heavy atom. The molecule has 0 saturated carbocycles. The highest BCUT2D eigenvalue weighted by atomic mass is 32.2. The van der Waals surface area contributed by atoms with E-state index in [4.69, 9.17) is 5.11 Å². The number of nitrogens with zero attached hydrogens (tertiary/aromatic N) is 1. The van der Waals surface area contributed by atoms with Crippen LogP contribution in [0.5, 0.6) is 0 Å². The fourth-order valence-corrected chi connectivity index (χ4v) is 5.82. The molecular formula is C18H16N2O3S3. The largest absolute Gasteiger partial charge is 0.481 e. The SMILES string of the molecule is O=C(O)CS/C(=C\c1cccs1)c1nc2sc3c(c2c(=O)[nH]1)CCCC3. The minimum atomic E-state index is -0.901. The van der Waals surface area contributed by atoms with Crippen LogP contribution in [0.4, 0.5) is 0 Å². The van der Waals surface area contributed by atoms with Gasteiger partial charge in [0, 0.05) is 9.75 Å². The van der Waals surface area contributed by atoms with Gasteiger partial charge in [-0.2, -0.15) is 0 Å². The predicted molar refractivity (Wildman–Crippen MR) is 109 cm³/mol. The number of rotatable bonds is 5. The van der Waals surface area contributed by atoms with Crippen molar-refractivity contribution in [1.29, 1.82) is 0 Å². The lowest BCUT2D eigenvalue weighted by atomic mass is 9.97. The molecule has 0 unspecified atom stereocenters. The molecule has 3 aromatic rings. The highest BCUT2D eigenvalue weighted by Crippen LogP contribution is 2.35. The number of aromatic nitrogens is 2. The Hall–Kier alpha value is -1.90. The zero-order valence-electron chi connectivity index (χ0n) is 13.8. The lowest BCUT2D eigenvalue weighted by molar-refractivity contribution is -0.133. The van der Waals surface area contributed by atoms with Crippen molar-refractivity contribution >= 4 is 61.6 Å². The summed E-state index contributed by atoms with van der Waals surface area (Å²) in [5.74, 6) is -0.539. The first-order chi connectivity index (χ1) is 12.6. The van der Waals surface area contributed by atoms with E-state index in [-0.39, 0.29) is 11.3 Å². The first kappa shape index (κ1) is 17.5. The van der Waals surface area contributed by atoms with E-state index in [9.17, 15) is 9.59 Å². The van der Waals surface area contributed by atoms with Crippen molar-refractivity contribution in [3.05, 3.63) is 49.0 Å². The van der Waals surface area contributed by atoms with Gasteiger partial charge < -0.3 is 10.1 Å². The second kappa shape index (κ2) is 7.38. The number of hydrogen-bond donors (Lipinski definition) is 2. The lowest BCUT2D eigenvalue weighted by Crippen LogP contribution is -2.12. The first-order valence-electron chi connectivity index (χ1n) is 8.26. The molecule has 0 amide bonds. The third kappa shape index (κ3) is 3.49. The van der Waals surface area contributed by atoms with Gasteiger partial charge in [-0.25, -0.2) is 4.98 Å². The molecule has 4 rings (SSSR count). The molecule has 8 heteroatoms. The summed E-state index contributed by atoms with van der Waals surface area (Å²) in [7, 11) is 0. The Labute approximate surface area is 161 Å². The number of thiophene rings is 2. The van der Waals surface area contributed by atoms with Crippen LogP contribution >= 0.6 is 34.4 Å². The number of fused-ring (bicyclic) bond motifs is 3. The van der Waals surface area contributed by atoms with Crippen molar-refractivity contribution < 1.29 is 9.90 Å². The Kier molecular flexibility index (Phi) is 4.97. The zero-order chi connectivity index (χ0) is 18.1. The topological polar surface area (TPSA) is 83.0 Å². The summed E-state index contributed by atoms with van der Waals surface area (Å²) in [5.41, 5.74) is 1.02. The summed E-state index contributed by atoms with van der Waals surface area (Å²) in [4.78, 5) is 35.0. The van der Waals surface area contributed by atoms with Gasteiger partial charge in [0.05, 0.1) is 16.0 Å². The lowest BCUT2D eigenvalue weighted by Gasteiger charge is -2.09. The van der Waals surface area contributed by atoms with Gasteiger partial charge >= 0.3 is 5.97 Å². The van der Waals surface area contributed by atoms with Crippen molar-refractivity contribution in [3.63, 3.8) is 0 Å². The molecular weight excluding hydrogens is 388 g/mol. The van der Waals surface area contributed by atoms with Crippen LogP contribution in [0.3, 0.4) is 0 Å². The van der Waals surface area contributed by atoms with Crippen LogP contribution < -0.4 is 5.56 Å². The smallest absolute Gasteiger partial charge is 0.313 e. The van der Waals surface area contributed by atoms with Crippen LogP contribution in [0.15, 0.2) is 22.3 Å². The van der Waals surface area contributed by atoms with Crippen LogP contribution in [-0.4, -0.2) is 26.8 Å². The average molecular weight is 405 g/mol. The number of nitrogens with one attached hydrogen (secondary N) is 1. The molecule has 0 saturated heterocycles. The number of aryl methyl sites for hydroxylation is 2. The summed E-state index contributed by atoms with van der Waals surface area (Å²) in [6.07, 6.45) is 6.10.